The maximum atomic E-state index is 13.9. The highest BCUT2D eigenvalue weighted by atomic mass is 19.1. The molecule has 118 valence electrons. The second-order valence-electron chi connectivity index (χ2n) is 6.04. The molecular weight excluding hydrogens is 292 g/mol. The number of carbonyl (C=O) groups excluding carboxylic acids is 1. The van der Waals surface area contributed by atoms with Gasteiger partial charge in [-0.1, -0.05) is 12.8 Å². The average molecular weight is 309 g/mol. The van der Waals surface area contributed by atoms with Crippen LogP contribution < -0.4 is 0 Å². The molecule has 3 rings (SSSR count). The van der Waals surface area contributed by atoms with Crippen molar-refractivity contribution in [2.75, 3.05) is 0 Å². The van der Waals surface area contributed by atoms with Gasteiger partial charge in [0.05, 0.1) is 5.56 Å². The SMILES string of the molecule is O=C(O)[C@@H]1C[C@H]2CCCC[C@H]2N1C(=O)c1ccc(F)cc1F. The fraction of sp³-hybridized carbons (Fsp3) is 0.500. The number of hydrogen-bond acceptors (Lipinski definition) is 2. The highest BCUT2D eigenvalue weighted by Gasteiger charge is 2.48. The lowest BCUT2D eigenvalue weighted by Gasteiger charge is -2.33. The Bertz CT molecular complexity index is 619. The fourth-order valence-electron chi connectivity index (χ4n) is 3.77. The Morgan fingerprint density at radius 1 is 1.18 bits per heavy atom. The van der Waals surface area contributed by atoms with Crippen molar-refractivity contribution in [1.82, 2.24) is 4.90 Å². The summed E-state index contributed by atoms with van der Waals surface area (Å²) in [5.74, 6) is -3.28. The van der Waals surface area contributed by atoms with Crippen LogP contribution in [0.1, 0.15) is 42.5 Å². The second-order valence-corrected chi connectivity index (χ2v) is 6.04. The summed E-state index contributed by atoms with van der Waals surface area (Å²) in [6.07, 6.45) is 4.01. The van der Waals surface area contributed by atoms with Crippen LogP contribution >= 0.6 is 0 Å². The van der Waals surface area contributed by atoms with Crippen LogP contribution in [0.2, 0.25) is 0 Å². The molecule has 0 bridgehead atoms. The van der Waals surface area contributed by atoms with Gasteiger partial charge in [0.15, 0.2) is 0 Å². The van der Waals surface area contributed by atoms with E-state index in [0.29, 0.717) is 12.5 Å². The molecule has 0 unspecified atom stereocenters. The number of carboxylic acid groups (broad SMARTS) is 1. The van der Waals surface area contributed by atoms with Crippen molar-refractivity contribution in [3.63, 3.8) is 0 Å². The van der Waals surface area contributed by atoms with Gasteiger partial charge in [0.25, 0.3) is 5.91 Å². The van der Waals surface area contributed by atoms with Crippen LogP contribution in [0.4, 0.5) is 8.78 Å². The molecule has 1 amide bonds. The topological polar surface area (TPSA) is 57.6 Å². The maximum Gasteiger partial charge on any atom is 0.326 e. The van der Waals surface area contributed by atoms with E-state index in [1.165, 1.54) is 4.90 Å². The van der Waals surface area contributed by atoms with Crippen LogP contribution in [0.25, 0.3) is 0 Å². The van der Waals surface area contributed by atoms with Gasteiger partial charge in [-0.2, -0.15) is 0 Å². The fourth-order valence-corrected chi connectivity index (χ4v) is 3.77. The van der Waals surface area contributed by atoms with Crippen molar-refractivity contribution < 1.29 is 23.5 Å². The molecule has 1 aliphatic heterocycles. The van der Waals surface area contributed by atoms with Crippen molar-refractivity contribution in [2.24, 2.45) is 5.92 Å². The van der Waals surface area contributed by atoms with Gasteiger partial charge in [0.1, 0.15) is 17.7 Å². The number of halogens is 2. The number of fused-ring (bicyclic) bond motifs is 1. The van der Waals surface area contributed by atoms with E-state index in [-0.39, 0.29) is 17.5 Å². The summed E-state index contributed by atoms with van der Waals surface area (Å²) in [6, 6.07) is 1.66. The Labute approximate surface area is 126 Å². The van der Waals surface area contributed by atoms with Gasteiger partial charge < -0.3 is 10.0 Å². The summed E-state index contributed by atoms with van der Waals surface area (Å²) in [4.78, 5) is 25.4. The number of likely N-dealkylation sites (tertiary alicyclic amines) is 1. The number of nitrogens with zero attached hydrogens (tertiary/aromatic N) is 1. The smallest absolute Gasteiger partial charge is 0.326 e. The molecule has 1 aliphatic carbocycles. The van der Waals surface area contributed by atoms with Crippen molar-refractivity contribution in [1.29, 1.82) is 0 Å². The Kier molecular flexibility index (Phi) is 3.85. The molecule has 0 radical (unpaired) electrons. The lowest BCUT2D eigenvalue weighted by molar-refractivity contribution is -0.141. The standard InChI is InChI=1S/C16H17F2NO3/c17-10-5-6-11(12(18)8-10)15(20)19-13-4-2-1-3-9(13)7-14(19)16(21)22/h5-6,8-9,13-14H,1-4,7H2,(H,21,22)/t9-,13-,14+/m1/s1. The van der Waals surface area contributed by atoms with Crippen LogP contribution in [-0.2, 0) is 4.79 Å². The summed E-state index contributed by atoms with van der Waals surface area (Å²) in [5, 5.41) is 9.39. The molecule has 4 nitrogen and oxygen atoms in total. The van der Waals surface area contributed by atoms with Crippen molar-refractivity contribution in [3.8, 4) is 0 Å². The van der Waals surface area contributed by atoms with E-state index in [0.717, 1.165) is 37.8 Å². The summed E-state index contributed by atoms with van der Waals surface area (Å²) in [6.45, 7) is 0. The van der Waals surface area contributed by atoms with Gasteiger partial charge in [-0.25, -0.2) is 13.6 Å². The van der Waals surface area contributed by atoms with Gasteiger partial charge in [0.2, 0.25) is 0 Å². The van der Waals surface area contributed by atoms with Crippen LogP contribution in [-0.4, -0.2) is 34.0 Å². The lowest BCUT2D eigenvalue weighted by atomic mass is 9.84. The van der Waals surface area contributed by atoms with E-state index >= 15 is 0 Å². The minimum atomic E-state index is -1.06. The van der Waals surface area contributed by atoms with E-state index in [1.54, 1.807) is 0 Å². The monoisotopic (exact) mass is 309 g/mol. The molecule has 0 aromatic heterocycles. The summed E-state index contributed by atoms with van der Waals surface area (Å²) < 4.78 is 26.9. The van der Waals surface area contributed by atoms with Crippen LogP contribution in [0, 0.1) is 17.6 Å². The van der Waals surface area contributed by atoms with Gasteiger partial charge >= 0.3 is 5.97 Å². The molecule has 1 saturated heterocycles. The number of rotatable bonds is 2. The van der Waals surface area contributed by atoms with E-state index in [4.69, 9.17) is 0 Å². The quantitative estimate of drug-likeness (QED) is 0.914. The zero-order chi connectivity index (χ0) is 15.9. The maximum absolute atomic E-state index is 13.9. The first-order chi connectivity index (χ1) is 10.5. The molecule has 22 heavy (non-hydrogen) atoms. The molecule has 1 aromatic rings. The van der Waals surface area contributed by atoms with E-state index in [9.17, 15) is 23.5 Å². The first kappa shape index (κ1) is 14.9. The lowest BCUT2D eigenvalue weighted by Crippen LogP contribution is -2.46. The Hall–Kier alpha value is -1.98. The zero-order valence-corrected chi connectivity index (χ0v) is 12.0. The van der Waals surface area contributed by atoms with E-state index in [1.807, 2.05) is 0 Å². The van der Waals surface area contributed by atoms with Gasteiger partial charge in [0, 0.05) is 12.1 Å². The molecule has 3 atom stereocenters. The van der Waals surface area contributed by atoms with Gasteiger partial charge in [-0.05, 0) is 37.3 Å². The minimum Gasteiger partial charge on any atom is -0.480 e. The highest BCUT2D eigenvalue weighted by Crippen LogP contribution is 2.40. The predicted octanol–water partition coefficient (Wildman–Crippen LogP) is 2.82. The summed E-state index contributed by atoms with van der Waals surface area (Å²) >= 11 is 0. The highest BCUT2D eigenvalue weighted by molar-refractivity contribution is 5.97. The minimum absolute atomic E-state index is 0.155. The second kappa shape index (κ2) is 5.66. The van der Waals surface area contributed by atoms with E-state index in [2.05, 4.69) is 0 Å². The van der Waals surface area contributed by atoms with Crippen molar-refractivity contribution >= 4 is 11.9 Å². The third-order valence-corrected chi connectivity index (χ3v) is 4.77. The van der Waals surface area contributed by atoms with Crippen LogP contribution in [0.15, 0.2) is 18.2 Å². The number of amides is 1. The normalized spacial score (nSPS) is 27.5. The van der Waals surface area contributed by atoms with Crippen LogP contribution in [0.5, 0.6) is 0 Å². The molecular formula is C16H17F2NO3. The molecule has 0 spiro atoms. The zero-order valence-electron chi connectivity index (χ0n) is 12.0. The first-order valence-electron chi connectivity index (χ1n) is 7.49. The Morgan fingerprint density at radius 3 is 2.59 bits per heavy atom. The molecule has 6 heteroatoms. The first-order valence-corrected chi connectivity index (χ1v) is 7.49. The average Bonchev–Trinajstić information content (AvgIpc) is 2.86. The third kappa shape index (κ3) is 2.46. The van der Waals surface area contributed by atoms with E-state index < -0.39 is 29.6 Å². The Balaban J connectivity index is 1.95. The van der Waals surface area contributed by atoms with Crippen molar-refractivity contribution in [3.05, 3.63) is 35.4 Å². The Morgan fingerprint density at radius 2 is 1.91 bits per heavy atom. The summed E-state index contributed by atoms with van der Waals surface area (Å²) in [5.41, 5.74) is -0.265. The molecule has 2 fully saturated rings. The predicted molar refractivity (Wildman–Crippen MR) is 74.3 cm³/mol. The molecule has 1 aromatic carbocycles. The molecule has 1 saturated carbocycles. The molecule has 2 aliphatic rings. The number of hydrogen-bond donors (Lipinski definition) is 1. The number of benzene rings is 1. The van der Waals surface area contributed by atoms with Gasteiger partial charge in [-0.15, -0.1) is 0 Å². The summed E-state index contributed by atoms with van der Waals surface area (Å²) in [7, 11) is 0. The van der Waals surface area contributed by atoms with Crippen LogP contribution in [0.3, 0.4) is 0 Å². The molecule has 1 heterocycles. The van der Waals surface area contributed by atoms with Crippen molar-refractivity contribution in [2.45, 2.75) is 44.2 Å². The molecule has 1 N–H and O–H groups in total. The number of carbonyl (C=O) groups is 2. The third-order valence-electron chi connectivity index (χ3n) is 4.77. The number of aliphatic carboxylic acids is 1. The van der Waals surface area contributed by atoms with Gasteiger partial charge in [-0.3, -0.25) is 4.79 Å². The number of carboxylic acids is 1. The largest absolute Gasteiger partial charge is 0.480 e.